The Kier molecular flexibility index (Phi) is 5.87. The first-order valence-corrected chi connectivity index (χ1v) is 8.54. The zero-order valence-corrected chi connectivity index (χ0v) is 13.7. The number of rotatable bonds is 7. The average molecular weight is 334 g/mol. The van der Waals surface area contributed by atoms with Crippen molar-refractivity contribution >= 4 is 33.2 Å². The minimum atomic E-state index is -3.87. The minimum Gasteiger partial charge on any atom is -0.477 e. The first-order chi connectivity index (χ1) is 9.70. The molecule has 1 aromatic heterocycles. The molecule has 1 rings (SSSR count). The lowest BCUT2D eigenvalue weighted by atomic mass is 10.4. The second kappa shape index (κ2) is 7.01. The highest BCUT2D eigenvalue weighted by molar-refractivity contribution is 7.89. The number of nitrogens with zero attached hydrogens (tertiary/aromatic N) is 2. The minimum absolute atomic E-state index is 0.0519. The fourth-order valence-corrected chi connectivity index (χ4v) is 4.12. The summed E-state index contributed by atoms with van der Waals surface area (Å²) in [4.78, 5) is 23.8. The Morgan fingerprint density at radius 3 is 2.38 bits per heavy atom. The summed E-state index contributed by atoms with van der Waals surface area (Å²) >= 11 is 0.844. The van der Waals surface area contributed by atoms with Crippen LogP contribution in [0.2, 0.25) is 0 Å². The van der Waals surface area contributed by atoms with Crippen LogP contribution in [0.15, 0.2) is 16.3 Å². The van der Waals surface area contributed by atoms with E-state index in [-0.39, 0.29) is 28.8 Å². The second-order valence-corrected chi connectivity index (χ2v) is 7.43. The van der Waals surface area contributed by atoms with E-state index in [1.54, 1.807) is 21.0 Å². The van der Waals surface area contributed by atoms with E-state index in [4.69, 9.17) is 5.11 Å². The predicted octanol–water partition coefficient (Wildman–Crippen LogP) is 0.935. The molecule has 0 atom stereocenters. The monoisotopic (exact) mass is 334 g/mol. The molecule has 1 aromatic rings. The first-order valence-electron chi connectivity index (χ1n) is 6.22. The average Bonchev–Trinajstić information content (AvgIpc) is 2.88. The molecule has 1 N–H and O–H groups in total. The van der Waals surface area contributed by atoms with Crippen LogP contribution in [-0.4, -0.2) is 61.8 Å². The molecule has 1 amide bonds. The van der Waals surface area contributed by atoms with E-state index < -0.39 is 16.0 Å². The van der Waals surface area contributed by atoms with Crippen LogP contribution in [0.3, 0.4) is 0 Å². The van der Waals surface area contributed by atoms with Gasteiger partial charge in [0.15, 0.2) is 0 Å². The maximum atomic E-state index is 12.5. The van der Waals surface area contributed by atoms with Gasteiger partial charge in [-0.2, -0.15) is 4.31 Å². The Morgan fingerprint density at radius 1 is 1.33 bits per heavy atom. The number of carboxylic acids is 1. The predicted molar refractivity (Wildman–Crippen MR) is 79.0 cm³/mol. The van der Waals surface area contributed by atoms with E-state index in [2.05, 4.69) is 0 Å². The Labute approximate surface area is 127 Å². The maximum absolute atomic E-state index is 12.5. The van der Waals surface area contributed by atoms with Gasteiger partial charge in [0.2, 0.25) is 15.9 Å². The fourth-order valence-electron chi connectivity index (χ4n) is 1.54. The van der Waals surface area contributed by atoms with Crippen LogP contribution in [0.4, 0.5) is 0 Å². The van der Waals surface area contributed by atoms with Gasteiger partial charge in [-0.05, 0) is 12.5 Å². The molecule has 0 radical (unpaired) electrons. The van der Waals surface area contributed by atoms with Crippen molar-refractivity contribution in [2.45, 2.75) is 18.2 Å². The molecule has 0 aromatic carbocycles. The van der Waals surface area contributed by atoms with E-state index in [0.717, 1.165) is 21.7 Å². The van der Waals surface area contributed by atoms with Gasteiger partial charge in [0.25, 0.3) is 0 Å². The summed E-state index contributed by atoms with van der Waals surface area (Å²) in [6, 6.07) is 1.12. The van der Waals surface area contributed by atoms with Gasteiger partial charge in [0.1, 0.15) is 4.88 Å². The summed E-state index contributed by atoms with van der Waals surface area (Å²) in [5.74, 6) is -1.51. The third kappa shape index (κ3) is 4.26. The topological polar surface area (TPSA) is 95.0 Å². The summed E-state index contributed by atoms with van der Waals surface area (Å²) < 4.78 is 26.0. The van der Waals surface area contributed by atoms with E-state index in [1.165, 1.54) is 10.3 Å². The Morgan fingerprint density at radius 2 is 1.95 bits per heavy atom. The molecule has 9 heteroatoms. The highest BCUT2D eigenvalue weighted by atomic mass is 32.2. The zero-order chi connectivity index (χ0) is 16.2. The van der Waals surface area contributed by atoms with Crippen molar-refractivity contribution in [1.29, 1.82) is 0 Å². The van der Waals surface area contributed by atoms with Gasteiger partial charge in [-0.1, -0.05) is 6.92 Å². The highest BCUT2D eigenvalue weighted by Crippen LogP contribution is 2.23. The van der Waals surface area contributed by atoms with Crippen LogP contribution in [0, 0.1) is 0 Å². The van der Waals surface area contributed by atoms with Crippen LogP contribution >= 0.6 is 11.3 Å². The lowest BCUT2D eigenvalue weighted by molar-refractivity contribution is -0.128. The quantitative estimate of drug-likeness (QED) is 0.800. The number of sulfonamides is 1. The van der Waals surface area contributed by atoms with Crippen molar-refractivity contribution in [2.24, 2.45) is 0 Å². The molecule has 0 aliphatic rings. The van der Waals surface area contributed by atoms with Crippen LogP contribution in [0.25, 0.3) is 0 Å². The number of hydrogen-bond acceptors (Lipinski definition) is 5. The molecule has 21 heavy (non-hydrogen) atoms. The van der Waals surface area contributed by atoms with Gasteiger partial charge in [-0.25, -0.2) is 13.2 Å². The molecular weight excluding hydrogens is 316 g/mol. The van der Waals surface area contributed by atoms with Crippen LogP contribution < -0.4 is 0 Å². The number of likely N-dealkylation sites (N-methyl/N-ethyl adjacent to an activating group) is 1. The Bertz CT molecular complexity index is 621. The highest BCUT2D eigenvalue weighted by Gasteiger charge is 2.28. The third-order valence-electron chi connectivity index (χ3n) is 2.71. The molecule has 118 valence electrons. The first kappa shape index (κ1) is 17.6. The molecule has 0 aliphatic carbocycles. The standard InChI is InChI=1S/C12H18N2O5S2/c1-4-5-14(7-11(15)13(2)3)21(18,19)9-6-10(12(16)17)20-8-9/h6,8H,4-5,7H2,1-3H3,(H,16,17). The molecule has 0 fully saturated rings. The Hall–Kier alpha value is -1.45. The van der Waals surface area contributed by atoms with Crippen LogP contribution in [0.5, 0.6) is 0 Å². The van der Waals surface area contributed by atoms with Gasteiger partial charge >= 0.3 is 5.97 Å². The second-order valence-electron chi connectivity index (χ2n) is 4.58. The number of thiophene rings is 1. The summed E-state index contributed by atoms with van der Waals surface area (Å²) in [5, 5.41) is 10.1. The number of carboxylic acid groups (broad SMARTS) is 1. The molecule has 1 heterocycles. The zero-order valence-electron chi connectivity index (χ0n) is 12.1. The SMILES string of the molecule is CCCN(CC(=O)N(C)C)S(=O)(=O)c1csc(C(=O)O)c1. The summed E-state index contributed by atoms with van der Waals surface area (Å²) in [6.07, 6.45) is 0.551. The summed E-state index contributed by atoms with van der Waals surface area (Å²) in [6.45, 7) is 1.74. The van der Waals surface area contributed by atoms with Crippen molar-refractivity contribution in [3.63, 3.8) is 0 Å². The lowest BCUT2D eigenvalue weighted by Gasteiger charge is -2.22. The van der Waals surface area contributed by atoms with Gasteiger partial charge in [-0.15, -0.1) is 11.3 Å². The molecule has 0 saturated heterocycles. The van der Waals surface area contributed by atoms with Crippen molar-refractivity contribution in [3.8, 4) is 0 Å². The molecular formula is C12H18N2O5S2. The van der Waals surface area contributed by atoms with Gasteiger partial charge in [0.05, 0.1) is 11.4 Å². The molecule has 0 spiro atoms. The van der Waals surface area contributed by atoms with Crippen LogP contribution in [0.1, 0.15) is 23.0 Å². The smallest absolute Gasteiger partial charge is 0.345 e. The normalized spacial score (nSPS) is 11.6. The molecule has 7 nitrogen and oxygen atoms in total. The van der Waals surface area contributed by atoms with E-state index >= 15 is 0 Å². The summed E-state index contributed by atoms with van der Waals surface area (Å²) in [5.41, 5.74) is 0. The largest absolute Gasteiger partial charge is 0.477 e. The van der Waals surface area contributed by atoms with Crippen molar-refractivity contribution < 1.29 is 23.1 Å². The lowest BCUT2D eigenvalue weighted by Crippen LogP contribution is -2.40. The van der Waals surface area contributed by atoms with Gasteiger partial charge in [0, 0.05) is 26.0 Å². The maximum Gasteiger partial charge on any atom is 0.345 e. The number of carbonyl (C=O) groups excluding carboxylic acids is 1. The number of carbonyl (C=O) groups is 2. The van der Waals surface area contributed by atoms with Crippen molar-refractivity contribution in [1.82, 2.24) is 9.21 Å². The van der Waals surface area contributed by atoms with Gasteiger partial charge < -0.3 is 10.0 Å². The van der Waals surface area contributed by atoms with Gasteiger partial charge in [-0.3, -0.25) is 4.79 Å². The van der Waals surface area contributed by atoms with Crippen molar-refractivity contribution in [3.05, 3.63) is 16.3 Å². The molecule has 0 saturated carbocycles. The molecule has 0 aliphatic heterocycles. The van der Waals surface area contributed by atoms with E-state index in [1.807, 2.05) is 0 Å². The Balaban J connectivity index is 3.08. The van der Waals surface area contributed by atoms with Crippen molar-refractivity contribution in [2.75, 3.05) is 27.2 Å². The van der Waals surface area contributed by atoms with E-state index in [9.17, 15) is 18.0 Å². The third-order valence-corrected chi connectivity index (χ3v) is 5.60. The number of hydrogen-bond donors (Lipinski definition) is 1. The molecule has 0 bridgehead atoms. The van der Waals surface area contributed by atoms with Crippen LogP contribution in [-0.2, 0) is 14.8 Å². The fraction of sp³-hybridized carbons (Fsp3) is 0.500. The molecule has 0 unspecified atom stereocenters. The summed E-state index contributed by atoms with van der Waals surface area (Å²) in [7, 11) is -0.776. The number of amides is 1. The number of aromatic carboxylic acids is 1. The van der Waals surface area contributed by atoms with E-state index in [0.29, 0.717) is 6.42 Å².